The van der Waals surface area contributed by atoms with Gasteiger partial charge in [0.05, 0.1) is 45.0 Å². The fourth-order valence-electron chi connectivity index (χ4n) is 7.85. The van der Waals surface area contributed by atoms with Gasteiger partial charge in [-0.2, -0.15) is 10.2 Å². The number of anilines is 6. The van der Waals surface area contributed by atoms with E-state index in [0.29, 0.717) is 34.4 Å². The number of hydrogen-bond donors (Lipinski definition) is 0. The number of sulfone groups is 1. The summed E-state index contributed by atoms with van der Waals surface area (Å²) in [6.07, 6.45) is 3.54. The minimum atomic E-state index is -3.92. The first-order valence-corrected chi connectivity index (χ1v) is 24.7. The summed E-state index contributed by atoms with van der Waals surface area (Å²) in [6, 6.07) is 64.6. The van der Waals surface area contributed by atoms with Crippen LogP contribution in [0.25, 0.3) is 0 Å². The van der Waals surface area contributed by atoms with Crippen molar-refractivity contribution in [2.45, 2.75) is 37.5 Å². The third kappa shape index (κ3) is 11.5. The van der Waals surface area contributed by atoms with Gasteiger partial charge in [0.1, 0.15) is 23.0 Å². The van der Waals surface area contributed by atoms with Crippen LogP contribution < -0.4 is 29.3 Å². The second-order valence-corrected chi connectivity index (χ2v) is 17.8. The average molecular weight is 933 g/mol. The zero-order valence-corrected chi connectivity index (χ0v) is 40.2. The lowest BCUT2D eigenvalue weighted by Gasteiger charge is -2.23. The van der Waals surface area contributed by atoms with Crippen molar-refractivity contribution in [3.05, 3.63) is 217 Å². The van der Waals surface area contributed by atoms with Crippen LogP contribution in [-0.2, 0) is 9.84 Å². The number of hydrogen-bond acceptors (Lipinski definition) is 10. The van der Waals surface area contributed by atoms with Gasteiger partial charge in [-0.15, -0.1) is 0 Å². The second kappa shape index (κ2) is 22.6. The molecule has 0 aliphatic carbocycles. The molecule has 8 aromatic carbocycles. The van der Waals surface area contributed by atoms with Crippen LogP contribution >= 0.6 is 0 Å². The highest BCUT2D eigenvalue weighted by Gasteiger charge is 2.20. The van der Waals surface area contributed by atoms with Crippen molar-refractivity contribution < 1.29 is 17.9 Å². The molecule has 0 atom stereocenters. The molecule has 8 rings (SSSR count). The Morgan fingerprint density at radius 2 is 0.696 bits per heavy atom. The highest BCUT2D eigenvalue weighted by atomic mass is 32.2. The summed E-state index contributed by atoms with van der Waals surface area (Å²) < 4.78 is 41.3. The predicted octanol–water partition coefficient (Wildman–Crippen LogP) is 14.1. The van der Waals surface area contributed by atoms with Crippen molar-refractivity contribution in [1.29, 1.82) is 0 Å². The number of para-hydroxylation sites is 4. The Hall–Kier alpha value is -8.15. The second-order valence-electron chi connectivity index (χ2n) is 15.9. The summed E-state index contributed by atoms with van der Waals surface area (Å²) in [5.74, 6) is 2.76. The van der Waals surface area contributed by atoms with Gasteiger partial charge in [-0.1, -0.05) is 72.8 Å². The first-order valence-electron chi connectivity index (χ1n) is 23.2. The molecule has 0 radical (unpaired) electrons. The zero-order chi connectivity index (χ0) is 48.0. The van der Waals surface area contributed by atoms with Crippen molar-refractivity contribution in [2.75, 3.05) is 46.0 Å². The maximum Gasteiger partial charge on any atom is 0.206 e. The van der Waals surface area contributed by atoms with E-state index in [9.17, 15) is 8.42 Å². The smallest absolute Gasteiger partial charge is 0.206 e. The number of ether oxygens (including phenoxy) is 2. The molecule has 348 valence electrons. The van der Waals surface area contributed by atoms with Gasteiger partial charge in [0.25, 0.3) is 0 Å². The first-order chi connectivity index (χ1) is 33.8. The van der Waals surface area contributed by atoms with Crippen molar-refractivity contribution >= 4 is 56.4 Å². The lowest BCUT2D eigenvalue weighted by molar-refractivity contribution is 0.481. The van der Waals surface area contributed by atoms with E-state index in [1.807, 2.05) is 146 Å². The summed E-state index contributed by atoms with van der Waals surface area (Å²) in [4.78, 5) is 4.83. The molecular formula is C58H56N6O4S. The molecule has 0 fully saturated rings. The van der Waals surface area contributed by atoms with Crippen LogP contribution in [0.2, 0.25) is 0 Å². The lowest BCUT2D eigenvalue weighted by Crippen LogP contribution is -2.21. The molecule has 0 N–H and O–H groups in total. The Kier molecular flexibility index (Phi) is 15.5. The van der Waals surface area contributed by atoms with Crippen molar-refractivity contribution in [3.8, 4) is 23.0 Å². The lowest BCUT2D eigenvalue weighted by atomic mass is 10.1. The minimum Gasteiger partial charge on any atom is -0.457 e. The number of hydrazone groups is 2. The van der Waals surface area contributed by atoms with E-state index in [1.54, 1.807) is 71.0 Å². The summed E-state index contributed by atoms with van der Waals surface area (Å²) in [6.45, 7) is 12.0. The summed E-state index contributed by atoms with van der Waals surface area (Å²) in [5, 5.41) is 13.5. The first kappa shape index (κ1) is 47.3. The Bertz CT molecular complexity index is 2850. The Balaban J connectivity index is 1.07. The Morgan fingerprint density at radius 3 is 1.03 bits per heavy atom. The van der Waals surface area contributed by atoms with Crippen LogP contribution in [0.4, 0.5) is 34.1 Å². The predicted molar refractivity (Wildman–Crippen MR) is 284 cm³/mol. The molecule has 0 amide bonds. The van der Waals surface area contributed by atoms with Gasteiger partial charge in [-0.25, -0.2) is 18.4 Å². The van der Waals surface area contributed by atoms with E-state index >= 15 is 0 Å². The van der Waals surface area contributed by atoms with Crippen LogP contribution in [0.1, 0.15) is 38.8 Å². The van der Waals surface area contributed by atoms with Crippen molar-refractivity contribution in [3.63, 3.8) is 0 Å². The molecule has 8 aromatic rings. The zero-order valence-electron chi connectivity index (χ0n) is 39.3. The van der Waals surface area contributed by atoms with Crippen LogP contribution in [0.3, 0.4) is 0 Å². The molecule has 0 saturated carbocycles. The largest absolute Gasteiger partial charge is 0.457 e. The number of nitrogens with zero attached hydrogens (tertiary/aromatic N) is 6. The minimum absolute atomic E-state index is 0.151. The molecule has 10 nitrogen and oxygen atoms in total. The van der Waals surface area contributed by atoms with Crippen LogP contribution in [-0.4, -0.2) is 47.0 Å². The highest BCUT2D eigenvalue weighted by Crippen LogP contribution is 2.35. The fourth-order valence-corrected chi connectivity index (χ4v) is 9.11. The van der Waals surface area contributed by atoms with E-state index in [0.717, 1.165) is 60.1 Å². The summed E-state index contributed by atoms with van der Waals surface area (Å²) in [5.41, 5.74) is 6.60. The van der Waals surface area contributed by atoms with Crippen molar-refractivity contribution in [1.82, 2.24) is 0 Å². The van der Waals surface area contributed by atoms with Crippen LogP contribution in [0.15, 0.2) is 226 Å². The quantitative estimate of drug-likeness (QED) is 0.0551. The van der Waals surface area contributed by atoms with Crippen LogP contribution in [0, 0.1) is 0 Å². The number of rotatable bonds is 20. The maximum atomic E-state index is 14.2. The maximum absolute atomic E-state index is 14.2. The molecule has 0 aromatic heterocycles. The van der Waals surface area contributed by atoms with E-state index in [4.69, 9.17) is 19.7 Å². The molecule has 0 unspecified atom stereocenters. The molecule has 0 saturated heterocycles. The molecule has 0 spiro atoms. The monoisotopic (exact) mass is 932 g/mol. The van der Waals surface area contributed by atoms with E-state index in [-0.39, 0.29) is 9.79 Å². The van der Waals surface area contributed by atoms with Gasteiger partial charge in [0, 0.05) is 60.8 Å². The third-order valence-electron chi connectivity index (χ3n) is 11.6. The SMILES string of the molecule is CCN(CC)c1ccc(/C=N/N(c2ccccc2)c2ccc(S(=O)(=O)c3ccc(N(/N=C/c4ccc(N(CC)CC)cc4Oc4ccccc4)c4ccccc4)cc3)cc2)c(Oc2ccccc2)c1. The molecule has 11 heteroatoms. The Labute approximate surface area is 406 Å². The summed E-state index contributed by atoms with van der Waals surface area (Å²) in [7, 11) is -3.92. The van der Waals surface area contributed by atoms with Crippen LogP contribution in [0.5, 0.6) is 23.0 Å². The molecule has 0 heterocycles. The van der Waals surface area contributed by atoms with Gasteiger partial charge in [-0.05, 0) is 149 Å². The normalized spacial score (nSPS) is 11.4. The van der Waals surface area contributed by atoms with Gasteiger partial charge >= 0.3 is 0 Å². The molecule has 0 bridgehead atoms. The Morgan fingerprint density at radius 1 is 0.391 bits per heavy atom. The van der Waals surface area contributed by atoms with E-state index in [2.05, 4.69) is 49.6 Å². The van der Waals surface area contributed by atoms with Gasteiger partial charge < -0.3 is 19.3 Å². The van der Waals surface area contributed by atoms with E-state index < -0.39 is 9.84 Å². The van der Waals surface area contributed by atoms with E-state index in [1.165, 1.54) is 0 Å². The molecule has 0 aliphatic heterocycles. The van der Waals surface area contributed by atoms with Gasteiger partial charge in [0.15, 0.2) is 0 Å². The summed E-state index contributed by atoms with van der Waals surface area (Å²) >= 11 is 0. The van der Waals surface area contributed by atoms with Gasteiger partial charge in [0.2, 0.25) is 9.84 Å². The molecular weight excluding hydrogens is 877 g/mol. The molecule has 69 heavy (non-hydrogen) atoms. The van der Waals surface area contributed by atoms with Gasteiger partial charge in [-0.3, -0.25) is 0 Å². The average Bonchev–Trinajstić information content (AvgIpc) is 3.40. The topological polar surface area (TPSA) is 90.3 Å². The highest BCUT2D eigenvalue weighted by molar-refractivity contribution is 7.91. The van der Waals surface area contributed by atoms with Crippen molar-refractivity contribution in [2.24, 2.45) is 10.2 Å². The third-order valence-corrected chi connectivity index (χ3v) is 13.4. The standard InChI is InChI=1S/C58H56N6O4S/c1-5-61(6-2)51-31-29-45(57(41-51)67-53-25-17-11-18-26-53)43-59-63(47-21-13-9-14-22-47)49-33-37-55(38-34-49)69(65,66)56-39-35-50(36-40-56)64(48-23-15-10-16-24-48)60-44-46-30-32-52(62(7-3)8-4)42-58(46)68-54-27-19-12-20-28-54/h9-44H,5-8H2,1-4H3/b59-43+,60-44+. The fraction of sp³-hybridized carbons (Fsp3) is 0.138. The number of benzene rings is 8. The molecule has 0 aliphatic rings.